The number of hydrogen-bond donors (Lipinski definition) is 4. The maximum Gasteiger partial charge on any atom is 0.407 e. The van der Waals surface area contributed by atoms with Crippen molar-refractivity contribution in [2.24, 2.45) is 11.8 Å². The summed E-state index contributed by atoms with van der Waals surface area (Å²) in [6.07, 6.45) is 8.68. The highest BCUT2D eigenvalue weighted by Gasteiger charge is 2.38. The summed E-state index contributed by atoms with van der Waals surface area (Å²) in [7, 11) is 2.93. The maximum absolute atomic E-state index is 13.5. The average molecular weight is 696 g/mol. The Morgan fingerprint density at radius 2 is 1.41 bits per heavy atom. The van der Waals surface area contributed by atoms with Crippen LogP contribution in [-0.2, 0) is 19.1 Å². The van der Waals surface area contributed by atoms with Crippen molar-refractivity contribution in [1.29, 1.82) is 0 Å². The van der Waals surface area contributed by atoms with E-state index >= 15 is 0 Å². The second-order valence-corrected chi connectivity index (χ2v) is 13.8. The number of likely N-dealkylation sites (tertiary alicyclic amines) is 1. The minimum absolute atomic E-state index is 0.0749. The smallest absolute Gasteiger partial charge is 0.407 e. The van der Waals surface area contributed by atoms with Crippen molar-refractivity contribution in [2.45, 2.75) is 70.4 Å². The molecule has 4 N–H and O–H groups in total. The molecule has 0 bridgehead atoms. The van der Waals surface area contributed by atoms with Gasteiger partial charge in [-0.2, -0.15) is 0 Å². The molecule has 0 radical (unpaired) electrons. The van der Waals surface area contributed by atoms with Crippen molar-refractivity contribution in [1.82, 2.24) is 35.5 Å². The fourth-order valence-corrected chi connectivity index (χ4v) is 7.38. The van der Waals surface area contributed by atoms with Gasteiger partial charge in [-0.25, -0.2) is 14.8 Å². The normalized spacial score (nSPS) is 19.5. The molecule has 2 aromatic heterocycles. The van der Waals surface area contributed by atoms with Crippen LogP contribution in [-0.4, -0.2) is 82.7 Å². The fourth-order valence-electron chi connectivity index (χ4n) is 7.38. The number of benzene rings is 2. The van der Waals surface area contributed by atoms with Crippen LogP contribution in [0.25, 0.3) is 33.6 Å². The number of carbonyl (C=O) groups excluding carboxylic acids is 3. The fraction of sp³-hybridized carbons (Fsp3) is 0.462. The van der Waals surface area contributed by atoms with Gasteiger partial charge in [0, 0.05) is 32.0 Å². The highest BCUT2D eigenvalue weighted by molar-refractivity contribution is 5.86. The van der Waals surface area contributed by atoms with Crippen LogP contribution in [0.1, 0.15) is 76.0 Å². The van der Waals surface area contributed by atoms with Gasteiger partial charge >= 0.3 is 6.09 Å². The van der Waals surface area contributed by atoms with Crippen LogP contribution in [0.5, 0.6) is 0 Å². The number of rotatable bonds is 12. The summed E-state index contributed by atoms with van der Waals surface area (Å²) in [6.45, 7) is 5.44. The van der Waals surface area contributed by atoms with Crippen molar-refractivity contribution in [3.8, 4) is 33.6 Å². The van der Waals surface area contributed by atoms with E-state index in [1.807, 2.05) is 31.1 Å². The molecule has 3 heterocycles. The predicted molar refractivity (Wildman–Crippen MR) is 194 cm³/mol. The number of carbonyl (C=O) groups is 3. The lowest BCUT2D eigenvalue weighted by Crippen LogP contribution is -2.51. The van der Waals surface area contributed by atoms with E-state index < -0.39 is 12.1 Å². The summed E-state index contributed by atoms with van der Waals surface area (Å²) in [4.78, 5) is 56.5. The Labute approximate surface area is 299 Å². The largest absolute Gasteiger partial charge is 0.453 e. The number of aromatic nitrogens is 4. The number of ether oxygens (including phenoxy) is 2. The molecule has 1 saturated heterocycles. The zero-order chi connectivity index (χ0) is 35.9. The standard InChI is InChI=1S/C39H49N7O5/c1-24(2)34(45-39(49)51-4)38(48)46-20-7-10-33(46)36-42-23-32(44-36)28-17-13-26(14-18-28)25-11-15-27(16-12-25)31-22-41-35(43-31)29-8-5-6-9-30(29)37(47)40-19-21-50-3/h11-18,22-24,29-30,33-34H,5-10,19-21H2,1-4H3,(H,40,47)(H,41,43)(H,42,44)(H,45,49)/t29?,30?,33-,34-/m0/s1. The average Bonchev–Trinajstić information content (AvgIpc) is 3.95. The molecule has 4 atom stereocenters. The molecule has 4 aromatic rings. The van der Waals surface area contributed by atoms with Crippen molar-refractivity contribution >= 4 is 17.9 Å². The Hall–Kier alpha value is -4.97. The molecule has 270 valence electrons. The van der Waals surface area contributed by atoms with Crippen LogP contribution in [0, 0.1) is 11.8 Å². The third-order valence-electron chi connectivity index (χ3n) is 10.2. The predicted octanol–water partition coefficient (Wildman–Crippen LogP) is 6.21. The first kappa shape index (κ1) is 35.8. The SMILES string of the molecule is COCCNC(=O)C1CCCCC1c1ncc(-c2ccc(-c3ccc(-c4cnc([C@@H]5CCCN5C(=O)[C@@H](NC(=O)OC)C(C)C)[nH]4)cc3)cc2)[nH]1. The van der Waals surface area contributed by atoms with E-state index in [0.29, 0.717) is 19.7 Å². The Morgan fingerprint density at radius 1 is 0.824 bits per heavy atom. The minimum atomic E-state index is -0.675. The maximum atomic E-state index is 13.5. The van der Waals surface area contributed by atoms with Crippen LogP contribution in [0.15, 0.2) is 60.9 Å². The van der Waals surface area contributed by atoms with E-state index in [1.165, 1.54) is 7.11 Å². The number of methoxy groups -OCH3 is 2. The first-order valence-corrected chi connectivity index (χ1v) is 18.0. The lowest BCUT2D eigenvalue weighted by Gasteiger charge is -2.30. The molecule has 2 aromatic carbocycles. The monoisotopic (exact) mass is 695 g/mol. The molecular weight excluding hydrogens is 646 g/mol. The summed E-state index contributed by atoms with van der Waals surface area (Å²) in [6, 6.07) is 15.9. The summed E-state index contributed by atoms with van der Waals surface area (Å²) in [5.41, 5.74) is 6.03. The summed E-state index contributed by atoms with van der Waals surface area (Å²) >= 11 is 0. The lowest BCUT2D eigenvalue weighted by atomic mass is 9.78. The molecule has 2 fully saturated rings. The quantitative estimate of drug-likeness (QED) is 0.128. The van der Waals surface area contributed by atoms with Crippen LogP contribution >= 0.6 is 0 Å². The number of hydrogen-bond acceptors (Lipinski definition) is 7. The highest BCUT2D eigenvalue weighted by atomic mass is 16.5. The molecule has 51 heavy (non-hydrogen) atoms. The molecule has 0 spiro atoms. The number of imidazole rings is 2. The van der Waals surface area contributed by atoms with Crippen LogP contribution in [0.3, 0.4) is 0 Å². The van der Waals surface area contributed by atoms with Crippen LogP contribution < -0.4 is 10.6 Å². The van der Waals surface area contributed by atoms with Gasteiger partial charge in [0.1, 0.15) is 17.7 Å². The Kier molecular flexibility index (Phi) is 11.5. The van der Waals surface area contributed by atoms with Gasteiger partial charge in [0.15, 0.2) is 0 Å². The number of aromatic amines is 2. The molecule has 12 nitrogen and oxygen atoms in total. The topological polar surface area (TPSA) is 154 Å². The van der Waals surface area contributed by atoms with E-state index in [-0.39, 0.29) is 35.6 Å². The zero-order valence-corrected chi connectivity index (χ0v) is 29.9. The Balaban J connectivity index is 1.10. The number of H-pyrrole nitrogens is 2. The van der Waals surface area contributed by atoms with Crippen molar-refractivity contribution in [3.05, 3.63) is 72.6 Å². The lowest BCUT2D eigenvalue weighted by molar-refractivity contribution is -0.135. The van der Waals surface area contributed by atoms with E-state index in [4.69, 9.17) is 14.5 Å². The highest BCUT2D eigenvalue weighted by Crippen LogP contribution is 2.38. The van der Waals surface area contributed by atoms with Gasteiger partial charge in [-0.15, -0.1) is 0 Å². The number of alkyl carbamates (subject to hydrolysis) is 1. The van der Waals surface area contributed by atoms with E-state index in [2.05, 4.69) is 74.1 Å². The van der Waals surface area contributed by atoms with Gasteiger partial charge < -0.3 is 35.0 Å². The Morgan fingerprint density at radius 3 is 2.02 bits per heavy atom. The molecule has 12 heteroatoms. The van der Waals surface area contributed by atoms with Crippen molar-refractivity contribution in [2.75, 3.05) is 33.9 Å². The van der Waals surface area contributed by atoms with E-state index in [0.717, 1.165) is 83.8 Å². The van der Waals surface area contributed by atoms with Gasteiger partial charge in [-0.05, 0) is 53.9 Å². The molecule has 2 unspecified atom stereocenters. The number of amides is 3. The first-order chi connectivity index (χ1) is 24.8. The second-order valence-electron chi connectivity index (χ2n) is 13.8. The first-order valence-electron chi connectivity index (χ1n) is 18.0. The van der Waals surface area contributed by atoms with E-state index in [9.17, 15) is 14.4 Å². The van der Waals surface area contributed by atoms with Crippen LogP contribution in [0.4, 0.5) is 4.79 Å². The zero-order valence-electron chi connectivity index (χ0n) is 29.9. The number of nitrogens with zero attached hydrogens (tertiary/aromatic N) is 3. The van der Waals surface area contributed by atoms with Gasteiger partial charge in [0.05, 0.1) is 43.5 Å². The van der Waals surface area contributed by atoms with Gasteiger partial charge in [-0.1, -0.05) is 75.2 Å². The number of nitrogens with one attached hydrogen (secondary N) is 4. The molecule has 1 aliphatic carbocycles. The molecular formula is C39H49N7O5. The molecule has 1 saturated carbocycles. The Bertz CT molecular complexity index is 1780. The van der Waals surface area contributed by atoms with Gasteiger partial charge in [0.25, 0.3) is 0 Å². The molecule has 1 aliphatic heterocycles. The third-order valence-corrected chi connectivity index (χ3v) is 10.2. The minimum Gasteiger partial charge on any atom is -0.453 e. The van der Waals surface area contributed by atoms with Crippen molar-refractivity contribution < 1.29 is 23.9 Å². The summed E-state index contributed by atoms with van der Waals surface area (Å²) in [5, 5.41) is 5.72. The molecule has 6 rings (SSSR count). The third kappa shape index (κ3) is 8.17. The summed E-state index contributed by atoms with van der Waals surface area (Å²) < 4.78 is 9.84. The molecule has 3 amide bonds. The molecule has 2 aliphatic rings. The summed E-state index contributed by atoms with van der Waals surface area (Å²) in [5.74, 6) is 1.46. The van der Waals surface area contributed by atoms with Gasteiger partial charge in [0.2, 0.25) is 11.8 Å². The van der Waals surface area contributed by atoms with Gasteiger partial charge in [-0.3, -0.25) is 9.59 Å². The van der Waals surface area contributed by atoms with Crippen molar-refractivity contribution in [3.63, 3.8) is 0 Å². The van der Waals surface area contributed by atoms with Crippen LogP contribution in [0.2, 0.25) is 0 Å². The second kappa shape index (κ2) is 16.4. The van der Waals surface area contributed by atoms with E-state index in [1.54, 1.807) is 7.11 Å².